The van der Waals surface area contributed by atoms with E-state index in [9.17, 15) is 0 Å². The minimum Gasteiger partial charge on any atom is -0.360 e. The maximum absolute atomic E-state index is 6.09. The average Bonchev–Trinajstić information content (AvgIpc) is 2.87. The van der Waals surface area contributed by atoms with Crippen molar-refractivity contribution in [2.75, 3.05) is 6.54 Å². The fourth-order valence-electron chi connectivity index (χ4n) is 2.48. The van der Waals surface area contributed by atoms with Gasteiger partial charge in [-0.2, -0.15) is 0 Å². The highest BCUT2D eigenvalue weighted by Crippen LogP contribution is 2.37. The standard InChI is InChI=1S/C17H17ClN2S/c1-11-3-2-4-14-16(10-20-17(11)14)21-15-6-5-13(18)9-12(15)7-8-19/h2-6,9-10,20H,7-8,19H2,1H3. The highest BCUT2D eigenvalue weighted by atomic mass is 35.5. The molecule has 0 saturated heterocycles. The third kappa shape index (κ3) is 2.95. The molecule has 108 valence electrons. The molecule has 0 aliphatic heterocycles. The lowest BCUT2D eigenvalue weighted by atomic mass is 10.1. The van der Waals surface area contributed by atoms with E-state index in [4.69, 9.17) is 17.3 Å². The van der Waals surface area contributed by atoms with Crippen molar-refractivity contribution in [1.29, 1.82) is 0 Å². The molecule has 0 saturated carbocycles. The number of rotatable bonds is 4. The number of aromatic amines is 1. The maximum atomic E-state index is 6.09. The molecular weight excluding hydrogens is 300 g/mol. The van der Waals surface area contributed by atoms with Crippen molar-refractivity contribution in [2.45, 2.75) is 23.1 Å². The van der Waals surface area contributed by atoms with E-state index in [1.165, 1.54) is 31.8 Å². The molecule has 0 spiro atoms. The molecule has 0 fully saturated rings. The summed E-state index contributed by atoms with van der Waals surface area (Å²) in [7, 11) is 0. The zero-order valence-electron chi connectivity index (χ0n) is 11.8. The highest BCUT2D eigenvalue weighted by Gasteiger charge is 2.10. The minimum absolute atomic E-state index is 0.626. The van der Waals surface area contributed by atoms with Crippen LogP contribution in [0.2, 0.25) is 5.02 Å². The molecule has 1 aromatic heterocycles. The van der Waals surface area contributed by atoms with Crippen molar-refractivity contribution in [3.05, 3.63) is 58.7 Å². The Morgan fingerprint density at radius 2 is 2.05 bits per heavy atom. The molecule has 0 aliphatic rings. The number of nitrogens with two attached hydrogens (primary N) is 1. The van der Waals surface area contributed by atoms with Gasteiger partial charge in [-0.3, -0.25) is 0 Å². The molecule has 3 N–H and O–H groups in total. The van der Waals surface area contributed by atoms with Gasteiger partial charge in [0, 0.05) is 31.9 Å². The molecule has 0 radical (unpaired) electrons. The van der Waals surface area contributed by atoms with Gasteiger partial charge < -0.3 is 10.7 Å². The Balaban J connectivity index is 2.01. The SMILES string of the molecule is Cc1cccc2c(Sc3ccc(Cl)cc3CCN)c[nH]c12. The number of nitrogens with one attached hydrogen (secondary N) is 1. The summed E-state index contributed by atoms with van der Waals surface area (Å²) in [6.45, 7) is 2.75. The lowest BCUT2D eigenvalue weighted by Crippen LogP contribution is -2.03. The number of aromatic nitrogens is 1. The Bertz CT molecular complexity index is 780. The molecule has 3 aromatic rings. The van der Waals surface area contributed by atoms with Crippen LogP contribution in [0.4, 0.5) is 0 Å². The Morgan fingerprint density at radius 1 is 1.19 bits per heavy atom. The quantitative estimate of drug-likeness (QED) is 0.727. The second-order valence-electron chi connectivity index (χ2n) is 5.04. The molecular formula is C17H17ClN2S. The fraction of sp³-hybridized carbons (Fsp3) is 0.176. The van der Waals surface area contributed by atoms with Crippen LogP contribution in [0.1, 0.15) is 11.1 Å². The first-order valence-corrected chi connectivity index (χ1v) is 8.11. The molecule has 0 atom stereocenters. The maximum Gasteiger partial charge on any atom is 0.0495 e. The van der Waals surface area contributed by atoms with Gasteiger partial charge in [0.05, 0.1) is 0 Å². The van der Waals surface area contributed by atoms with Crippen LogP contribution in [0.15, 0.2) is 52.4 Å². The highest BCUT2D eigenvalue weighted by molar-refractivity contribution is 7.99. The molecule has 0 aliphatic carbocycles. The van der Waals surface area contributed by atoms with E-state index in [1.807, 2.05) is 12.1 Å². The van der Waals surface area contributed by atoms with Crippen LogP contribution in [0.3, 0.4) is 0 Å². The first-order valence-electron chi connectivity index (χ1n) is 6.92. The summed E-state index contributed by atoms with van der Waals surface area (Å²) in [5, 5.41) is 2.02. The third-order valence-electron chi connectivity index (χ3n) is 3.54. The van der Waals surface area contributed by atoms with Gasteiger partial charge in [0.2, 0.25) is 0 Å². The topological polar surface area (TPSA) is 41.8 Å². The smallest absolute Gasteiger partial charge is 0.0495 e. The number of para-hydroxylation sites is 1. The number of aryl methyl sites for hydroxylation is 1. The number of hydrogen-bond donors (Lipinski definition) is 2. The molecule has 0 bridgehead atoms. The first kappa shape index (κ1) is 14.5. The Labute approximate surface area is 133 Å². The summed E-state index contributed by atoms with van der Waals surface area (Å²) in [4.78, 5) is 5.81. The van der Waals surface area contributed by atoms with Gasteiger partial charge in [-0.15, -0.1) is 0 Å². The van der Waals surface area contributed by atoms with E-state index in [1.54, 1.807) is 11.8 Å². The van der Waals surface area contributed by atoms with Crippen LogP contribution in [0, 0.1) is 6.92 Å². The van der Waals surface area contributed by atoms with Crippen molar-refractivity contribution >= 4 is 34.3 Å². The van der Waals surface area contributed by atoms with Gasteiger partial charge in [-0.1, -0.05) is 41.6 Å². The normalized spacial score (nSPS) is 11.2. The monoisotopic (exact) mass is 316 g/mol. The number of benzene rings is 2. The van der Waals surface area contributed by atoms with E-state index in [2.05, 4.69) is 42.4 Å². The molecule has 21 heavy (non-hydrogen) atoms. The van der Waals surface area contributed by atoms with Crippen molar-refractivity contribution < 1.29 is 0 Å². The molecule has 2 nitrogen and oxygen atoms in total. The second-order valence-corrected chi connectivity index (χ2v) is 6.56. The zero-order valence-corrected chi connectivity index (χ0v) is 13.4. The molecule has 1 heterocycles. The van der Waals surface area contributed by atoms with Crippen LogP contribution < -0.4 is 5.73 Å². The molecule has 0 unspecified atom stereocenters. The van der Waals surface area contributed by atoms with Gasteiger partial charge in [0.15, 0.2) is 0 Å². The van der Waals surface area contributed by atoms with E-state index < -0.39 is 0 Å². The van der Waals surface area contributed by atoms with Crippen LogP contribution in [-0.4, -0.2) is 11.5 Å². The Morgan fingerprint density at radius 3 is 2.86 bits per heavy atom. The van der Waals surface area contributed by atoms with Gasteiger partial charge in [-0.05, 0) is 49.2 Å². The number of fused-ring (bicyclic) bond motifs is 1. The predicted molar refractivity (Wildman–Crippen MR) is 91.4 cm³/mol. The largest absolute Gasteiger partial charge is 0.360 e. The zero-order chi connectivity index (χ0) is 14.8. The van der Waals surface area contributed by atoms with Gasteiger partial charge in [0.25, 0.3) is 0 Å². The summed E-state index contributed by atoms with van der Waals surface area (Å²) in [6, 6.07) is 12.4. The summed E-state index contributed by atoms with van der Waals surface area (Å²) in [5.41, 5.74) is 9.38. The Kier molecular flexibility index (Phi) is 4.24. The Hall–Kier alpha value is -1.42. The second kappa shape index (κ2) is 6.14. The van der Waals surface area contributed by atoms with Gasteiger partial charge >= 0.3 is 0 Å². The van der Waals surface area contributed by atoms with Crippen molar-refractivity contribution in [1.82, 2.24) is 4.98 Å². The summed E-state index contributed by atoms with van der Waals surface area (Å²) in [6.07, 6.45) is 2.91. The molecule has 2 aromatic carbocycles. The lowest BCUT2D eigenvalue weighted by Gasteiger charge is -2.08. The fourth-order valence-corrected chi connectivity index (χ4v) is 3.74. The lowest BCUT2D eigenvalue weighted by molar-refractivity contribution is 0.944. The van der Waals surface area contributed by atoms with Crippen molar-refractivity contribution in [2.24, 2.45) is 5.73 Å². The van der Waals surface area contributed by atoms with Crippen molar-refractivity contribution in [3.8, 4) is 0 Å². The molecule has 0 amide bonds. The minimum atomic E-state index is 0.626. The summed E-state index contributed by atoms with van der Waals surface area (Å²) < 4.78 is 0. The third-order valence-corrected chi connectivity index (χ3v) is 4.95. The summed E-state index contributed by atoms with van der Waals surface area (Å²) >= 11 is 7.86. The van der Waals surface area contributed by atoms with E-state index >= 15 is 0 Å². The molecule has 3 rings (SSSR count). The average molecular weight is 317 g/mol. The number of halogens is 1. The number of H-pyrrole nitrogens is 1. The van der Waals surface area contributed by atoms with E-state index in [0.717, 1.165) is 11.4 Å². The van der Waals surface area contributed by atoms with Crippen LogP contribution in [-0.2, 0) is 6.42 Å². The van der Waals surface area contributed by atoms with E-state index in [-0.39, 0.29) is 0 Å². The van der Waals surface area contributed by atoms with Crippen molar-refractivity contribution in [3.63, 3.8) is 0 Å². The van der Waals surface area contributed by atoms with Crippen LogP contribution >= 0.6 is 23.4 Å². The molecule has 4 heteroatoms. The van der Waals surface area contributed by atoms with Gasteiger partial charge in [-0.25, -0.2) is 0 Å². The number of hydrogen-bond acceptors (Lipinski definition) is 2. The predicted octanol–water partition coefficient (Wildman–Crippen LogP) is 4.78. The van der Waals surface area contributed by atoms with Gasteiger partial charge in [0.1, 0.15) is 0 Å². The summed E-state index contributed by atoms with van der Waals surface area (Å²) in [5.74, 6) is 0. The van der Waals surface area contributed by atoms with E-state index in [0.29, 0.717) is 6.54 Å². The first-order chi connectivity index (χ1) is 10.2. The van der Waals surface area contributed by atoms with Crippen LogP contribution in [0.25, 0.3) is 10.9 Å². The van der Waals surface area contributed by atoms with Crippen LogP contribution in [0.5, 0.6) is 0 Å².